The lowest BCUT2D eigenvalue weighted by atomic mass is 9.97. The van der Waals surface area contributed by atoms with Crippen LogP contribution in [0, 0.1) is 0 Å². The number of aromatic amines is 1. The van der Waals surface area contributed by atoms with E-state index >= 15 is 0 Å². The number of rotatable bonds is 2. The summed E-state index contributed by atoms with van der Waals surface area (Å²) in [6.07, 6.45) is 4.32. The minimum Gasteiger partial charge on any atom is -0.508 e. The number of aromatic nitrogens is 3. The van der Waals surface area contributed by atoms with Gasteiger partial charge in [-0.1, -0.05) is 30.3 Å². The predicted octanol–water partition coefficient (Wildman–Crippen LogP) is 4.56. The molecule has 0 saturated carbocycles. The number of nitrogens with zero attached hydrogens (tertiary/aromatic N) is 2. The number of H-pyrrole nitrogens is 1. The van der Waals surface area contributed by atoms with Crippen molar-refractivity contribution in [2.75, 3.05) is 0 Å². The van der Waals surface area contributed by atoms with Crippen LogP contribution in [0.25, 0.3) is 32.6 Å². The highest BCUT2D eigenvalue weighted by Gasteiger charge is 2.10. The van der Waals surface area contributed by atoms with Gasteiger partial charge in [0.2, 0.25) is 0 Å². The molecule has 0 radical (unpaired) electrons. The van der Waals surface area contributed by atoms with Crippen molar-refractivity contribution in [2.45, 2.75) is 6.42 Å². The average Bonchev–Trinajstić information content (AvgIpc) is 3.13. The van der Waals surface area contributed by atoms with Crippen molar-refractivity contribution < 1.29 is 5.11 Å². The number of phenols is 1. The van der Waals surface area contributed by atoms with E-state index in [4.69, 9.17) is 0 Å². The lowest BCUT2D eigenvalue weighted by Gasteiger charge is -2.10. The van der Waals surface area contributed by atoms with E-state index in [2.05, 4.69) is 27.3 Å². The van der Waals surface area contributed by atoms with E-state index in [1.165, 1.54) is 0 Å². The summed E-state index contributed by atoms with van der Waals surface area (Å²) < 4.78 is 0. The van der Waals surface area contributed by atoms with Gasteiger partial charge < -0.3 is 5.11 Å². The molecule has 0 aliphatic heterocycles. The van der Waals surface area contributed by atoms with Gasteiger partial charge in [-0.05, 0) is 40.6 Å². The van der Waals surface area contributed by atoms with Crippen LogP contribution in [-0.4, -0.2) is 20.3 Å². The standard InChI is InChI=1S/C21H15N3O/c25-20-8-6-14-3-1-2-4-16(14)17(20)9-13-10-18-19(22-11-13)7-5-15-12-23-24-21(15)18/h1-8,10-12,25H,9H2,(H,23,24). The topological polar surface area (TPSA) is 61.8 Å². The summed E-state index contributed by atoms with van der Waals surface area (Å²) in [5.74, 6) is 0.318. The number of phenolic OH excluding ortho intramolecular Hbond substituents is 1. The second kappa shape index (κ2) is 5.31. The number of nitrogens with one attached hydrogen (secondary N) is 1. The molecule has 25 heavy (non-hydrogen) atoms. The Kier molecular flexibility index (Phi) is 2.97. The Morgan fingerprint density at radius 2 is 1.76 bits per heavy atom. The number of hydrogen-bond donors (Lipinski definition) is 2. The number of aromatic hydroxyl groups is 1. The molecule has 120 valence electrons. The highest BCUT2D eigenvalue weighted by atomic mass is 16.3. The molecule has 4 heteroatoms. The third kappa shape index (κ3) is 2.22. The van der Waals surface area contributed by atoms with Crippen LogP contribution in [0.1, 0.15) is 11.1 Å². The molecule has 5 rings (SSSR count). The van der Waals surface area contributed by atoms with Crippen molar-refractivity contribution >= 4 is 32.6 Å². The Bertz CT molecular complexity index is 1240. The van der Waals surface area contributed by atoms with Gasteiger partial charge in [0.15, 0.2) is 0 Å². The Labute approximate surface area is 143 Å². The van der Waals surface area contributed by atoms with Crippen LogP contribution in [0.4, 0.5) is 0 Å². The molecule has 0 spiro atoms. The monoisotopic (exact) mass is 325 g/mol. The first-order chi connectivity index (χ1) is 12.3. The first kappa shape index (κ1) is 14.0. The highest BCUT2D eigenvalue weighted by Crippen LogP contribution is 2.30. The zero-order valence-corrected chi connectivity index (χ0v) is 13.4. The van der Waals surface area contributed by atoms with E-state index in [1.807, 2.05) is 48.8 Å². The lowest BCUT2D eigenvalue weighted by Crippen LogP contribution is -1.93. The summed E-state index contributed by atoms with van der Waals surface area (Å²) >= 11 is 0. The third-order valence-electron chi connectivity index (χ3n) is 4.73. The van der Waals surface area contributed by atoms with E-state index in [0.717, 1.165) is 43.7 Å². The van der Waals surface area contributed by atoms with Gasteiger partial charge in [0.05, 0.1) is 17.2 Å². The summed E-state index contributed by atoms with van der Waals surface area (Å²) in [7, 11) is 0. The molecule has 0 amide bonds. The minimum atomic E-state index is 0.318. The molecular formula is C21H15N3O. The molecular weight excluding hydrogens is 310 g/mol. The zero-order valence-electron chi connectivity index (χ0n) is 13.4. The molecule has 0 aliphatic carbocycles. The van der Waals surface area contributed by atoms with Crippen molar-refractivity contribution in [1.82, 2.24) is 15.2 Å². The first-order valence-electron chi connectivity index (χ1n) is 8.20. The van der Waals surface area contributed by atoms with Gasteiger partial charge >= 0.3 is 0 Å². The molecule has 5 aromatic rings. The fourth-order valence-corrected chi connectivity index (χ4v) is 3.47. The van der Waals surface area contributed by atoms with Gasteiger partial charge in [-0.3, -0.25) is 10.1 Å². The van der Waals surface area contributed by atoms with E-state index in [9.17, 15) is 5.11 Å². The summed E-state index contributed by atoms with van der Waals surface area (Å²) in [5, 5.41) is 21.9. The Morgan fingerprint density at radius 1 is 0.880 bits per heavy atom. The van der Waals surface area contributed by atoms with Crippen molar-refractivity contribution in [2.24, 2.45) is 0 Å². The summed E-state index contributed by atoms with van der Waals surface area (Å²) in [5.41, 5.74) is 3.91. The molecule has 0 fully saturated rings. The average molecular weight is 325 g/mol. The maximum atomic E-state index is 10.4. The van der Waals surface area contributed by atoms with E-state index < -0.39 is 0 Å². The molecule has 2 aromatic heterocycles. The number of fused-ring (bicyclic) bond motifs is 4. The van der Waals surface area contributed by atoms with Gasteiger partial charge in [-0.25, -0.2) is 0 Å². The van der Waals surface area contributed by atoms with Crippen LogP contribution >= 0.6 is 0 Å². The van der Waals surface area contributed by atoms with Crippen LogP contribution in [0.5, 0.6) is 5.75 Å². The Balaban J connectivity index is 1.68. The Hall–Kier alpha value is -3.40. The SMILES string of the molecule is Oc1ccc2ccccc2c1Cc1cnc2ccc3cn[nH]c3c2c1. The van der Waals surface area contributed by atoms with Crippen LogP contribution in [-0.2, 0) is 6.42 Å². The molecule has 2 N–H and O–H groups in total. The maximum absolute atomic E-state index is 10.4. The molecule has 4 nitrogen and oxygen atoms in total. The highest BCUT2D eigenvalue weighted by molar-refractivity contribution is 6.03. The quantitative estimate of drug-likeness (QED) is 0.500. The normalized spacial score (nSPS) is 11.5. The van der Waals surface area contributed by atoms with Gasteiger partial charge in [0.1, 0.15) is 5.75 Å². The molecule has 0 bridgehead atoms. The van der Waals surface area contributed by atoms with Crippen molar-refractivity contribution in [3.8, 4) is 5.75 Å². The third-order valence-corrected chi connectivity index (χ3v) is 4.73. The minimum absolute atomic E-state index is 0.318. The second-order valence-electron chi connectivity index (χ2n) is 6.27. The van der Waals surface area contributed by atoms with Gasteiger partial charge in [0, 0.05) is 29.0 Å². The van der Waals surface area contributed by atoms with E-state index in [0.29, 0.717) is 12.2 Å². The lowest BCUT2D eigenvalue weighted by molar-refractivity contribution is 0.470. The molecule has 0 atom stereocenters. The summed E-state index contributed by atoms with van der Waals surface area (Å²) in [4.78, 5) is 4.59. The van der Waals surface area contributed by atoms with Crippen molar-refractivity contribution in [1.29, 1.82) is 0 Å². The van der Waals surface area contributed by atoms with Crippen molar-refractivity contribution in [3.05, 3.63) is 78.1 Å². The van der Waals surface area contributed by atoms with Crippen LogP contribution in [0.3, 0.4) is 0 Å². The van der Waals surface area contributed by atoms with Gasteiger partial charge in [-0.15, -0.1) is 0 Å². The van der Waals surface area contributed by atoms with Gasteiger partial charge in [0.25, 0.3) is 0 Å². The number of pyridine rings is 1. The fourth-order valence-electron chi connectivity index (χ4n) is 3.47. The van der Waals surface area contributed by atoms with Gasteiger partial charge in [-0.2, -0.15) is 5.10 Å². The fraction of sp³-hybridized carbons (Fsp3) is 0.0476. The van der Waals surface area contributed by atoms with Crippen molar-refractivity contribution in [3.63, 3.8) is 0 Å². The Morgan fingerprint density at radius 3 is 2.72 bits per heavy atom. The molecule has 2 heterocycles. The van der Waals surface area contributed by atoms with Crippen LogP contribution in [0.2, 0.25) is 0 Å². The smallest absolute Gasteiger partial charge is 0.119 e. The van der Waals surface area contributed by atoms with E-state index in [1.54, 1.807) is 6.07 Å². The number of benzene rings is 3. The molecule has 0 unspecified atom stereocenters. The molecule has 0 aliphatic rings. The largest absolute Gasteiger partial charge is 0.508 e. The first-order valence-corrected chi connectivity index (χ1v) is 8.20. The zero-order chi connectivity index (χ0) is 16.8. The molecule has 0 saturated heterocycles. The molecule has 3 aromatic carbocycles. The summed E-state index contributed by atoms with van der Waals surface area (Å²) in [6.45, 7) is 0. The van der Waals surface area contributed by atoms with Crippen LogP contribution < -0.4 is 0 Å². The maximum Gasteiger partial charge on any atom is 0.119 e. The number of hydrogen-bond acceptors (Lipinski definition) is 3. The second-order valence-corrected chi connectivity index (χ2v) is 6.27. The van der Waals surface area contributed by atoms with E-state index in [-0.39, 0.29) is 0 Å². The van der Waals surface area contributed by atoms with Crippen LogP contribution in [0.15, 0.2) is 67.0 Å². The predicted molar refractivity (Wildman–Crippen MR) is 99.8 cm³/mol. The summed E-state index contributed by atoms with van der Waals surface area (Å²) in [6, 6.07) is 18.0.